The van der Waals surface area contributed by atoms with Gasteiger partial charge >= 0.3 is 0 Å². The number of anilines is 2. The quantitative estimate of drug-likeness (QED) is 0.829. The average Bonchev–Trinajstić information content (AvgIpc) is 2.37. The van der Waals surface area contributed by atoms with Crippen molar-refractivity contribution in [2.75, 3.05) is 11.1 Å². The van der Waals surface area contributed by atoms with Gasteiger partial charge < -0.3 is 11.1 Å². The Balaban J connectivity index is 2.26. The summed E-state index contributed by atoms with van der Waals surface area (Å²) in [6, 6.07) is 7.69. The second-order valence-electron chi connectivity index (χ2n) is 3.79. The Hall–Kier alpha value is -2.14. The van der Waals surface area contributed by atoms with Crippen LogP contribution < -0.4 is 11.1 Å². The molecule has 3 nitrogen and oxygen atoms in total. The van der Waals surface area contributed by atoms with Crippen LogP contribution in [-0.4, -0.2) is 5.91 Å². The zero-order valence-corrected chi connectivity index (χ0v) is 10.3. The van der Waals surface area contributed by atoms with Gasteiger partial charge in [-0.15, -0.1) is 0 Å². The van der Waals surface area contributed by atoms with Gasteiger partial charge in [0.2, 0.25) is 0 Å². The average molecular weight is 283 g/mol. The fourth-order valence-electron chi connectivity index (χ4n) is 1.48. The number of amides is 1. The lowest BCUT2D eigenvalue weighted by Crippen LogP contribution is -2.13. The van der Waals surface area contributed by atoms with Gasteiger partial charge in [-0.3, -0.25) is 4.79 Å². The van der Waals surface area contributed by atoms with Crippen LogP contribution in [0.2, 0.25) is 5.02 Å². The largest absolute Gasteiger partial charge is 0.396 e. The molecule has 0 aliphatic heterocycles. The minimum atomic E-state index is -0.696. The first-order chi connectivity index (χ1) is 8.99. The summed E-state index contributed by atoms with van der Waals surface area (Å²) in [7, 11) is 0. The van der Waals surface area contributed by atoms with Crippen LogP contribution in [-0.2, 0) is 0 Å². The molecular formula is C13H9ClF2N2O. The Morgan fingerprint density at radius 1 is 1.16 bits per heavy atom. The van der Waals surface area contributed by atoms with Crippen molar-refractivity contribution in [1.82, 2.24) is 0 Å². The van der Waals surface area contributed by atoms with Crippen molar-refractivity contribution in [1.29, 1.82) is 0 Å². The minimum Gasteiger partial charge on any atom is -0.396 e. The molecule has 0 bridgehead atoms. The third kappa shape index (κ3) is 2.82. The second-order valence-corrected chi connectivity index (χ2v) is 4.17. The number of nitrogens with one attached hydrogen (secondary N) is 1. The number of hydrogen-bond donors (Lipinski definition) is 2. The van der Waals surface area contributed by atoms with Gasteiger partial charge in [-0.1, -0.05) is 17.7 Å². The van der Waals surface area contributed by atoms with Gasteiger partial charge in [0.25, 0.3) is 5.91 Å². The molecule has 1 amide bonds. The van der Waals surface area contributed by atoms with Crippen molar-refractivity contribution in [2.24, 2.45) is 0 Å². The number of carbonyl (C=O) groups is 1. The highest BCUT2D eigenvalue weighted by Gasteiger charge is 2.14. The molecule has 6 heteroatoms. The molecule has 0 radical (unpaired) electrons. The Bertz CT molecular complexity index is 647. The summed E-state index contributed by atoms with van der Waals surface area (Å²) in [6.07, 6.45) is 0. The highest BCUT2D eigenvalue weighted by Crippen LogP contribution is 2.22. The fourth-order valence-corrected chi connectivity index (χ4v) is 1.69. The van der Waals surface area contributed by atoms with Gasteiger partial charge in [0.05, 0.1) is 16.3 Å². The minimum absolute atomic E-state index is 0.0261. The normalized spacial score (nSPS) is 10.3. The SMILES string of the molecule is Nc1ccc(NC(=O)c2cccc(F)c2Cl)cc1F. The van der Waals surface area contributed by atoms with Crippen molar-refractivity contribution in [3.05, 3.63) is 58.6 Å². The number of halogens is 3. The Morgan fingerprint density at radius 3 is 2.58 bits per heavy atom. The highest BCUT2D eigenvalue weighted by atomic mass is 35.5. The summed E-state index contributed by atoms with van der Waals surface area (Å²) in [5, 5.41) is 2.13. The molecule has 0 aromatic heterocycles. The summed E-state index contributed by atoms with van der Waals surface area (Å²) in [4.78, 5) is 11.9. The Kier molecular flexibility index (Phi) is 3.66. The number of nitrogens with two attached hydrogens (primary N) is 1. The molecule has 19 heavy (non-hydrogen) atoms. The van der Waals surface area contributed by atoms with Crippen LogP contribution in [0.15, 0.2) is 36.4 Å². The predicted molar refractivity (Wildman–Crippen MR) is 70.2 cm³/mol. The molecule has 0 saturated heterocycles. The standard InChI is InChI=1S/C13H9ClF2N2O/c14-12-8(2-1-3-9(12)15)13(19)18-7-4-5-11(17)10(16)6-7/h1-6H,17H2,(H,18,19). The van der Waals surface area contributed by atoms with E-state index in [1.54, 1.807) is 0 Å². The van der Waals surface area contributed by atoms with Gasteiger partial charge in [-0.25, -0.2) is 8.78 Å². The van der Waals surface area contributed by atoms with E-state index in [1.807, 2.05) is 0 Å². The molecule has 0 saturated carbocycles. The first kappa shape index (κ1) is 13.3. The lowest BCUT2D eigenvalue weighted by molar-refractivity contribution is 0.102. The van der Waals surface area contributed by atoms with E-state index in [2.05, 4.69) is 5.32 Å². The molecule has 2 rings (SSSR count). The number of benzene rings is 2. The molecule has 2 aromatic carbocycles. The van der Waals surface area contributed by atoms with Crippen molar-refractivity contribution in [3.63, 3.8) is 0 Å². The number of nitrogen functional groups attached to an aromatic ring is 1. The molecule has 2 aromatic rings. The van der Waals surface area contributed by atoms with Crippen molar-refractivity contribution in [3.8, 4) is 0 Å². The third-order valence-corrected chi connectivity index (χ3v) is 2.84. The highest BCUT2D eigenvalue weighted by molar-refractivity contribution is 6.34. The lowest BCUT2D eigenvalue weighted by atomic mass is 10.2. The van der Waals surface area contributed by atoms with E-state index in [-0.39, 0.29) is 22.0 Å². The molecule has 0 fully saturated rings. The van der Waals surface area contributed by atoms with Crippen LogP contribution in [0.25, 0.3) is 0 Å². The monoisotopic (exact) mass is 282 g/mol. The van der Waals surface area contributed by atoms with E-state index in [9.17, 15) is 13.6 Å². The van der Waals surface area contributed by atoms with Crippen LogP contribution in [0.5, 0.6) is 0 Å². The van der Waals surface area contributed by atoms with Crippen molar-refractivity contribution < 1.29 is 13.6 Å². The van der Waals surface area contributed by atoms with E-state index in [1.165, 1.54) is 24.3 Å². The summed E-state index contributed by atoms with van der Waals surface area (Å²) in [6.45, 7) is 0. The number of hydrogen-bond acceptors (Lipinski definition) is 2. The van der Waals surface area contributed by atoms with Gasteiger partial charge in [0, 0.05) is 5.69 Å². The molecule has 3 N–H and O–H groups in total. The molecule has 0 heterocycles. The molecule has 0 aliphatic carbocycles. The maximum Gasteiger partial charge on any atom is 0.257 e. The fraction of sp³-hybridized carbons (Fsp3) is 0. The van der Waals surface area contributed by atoms with Crippen LogP contribution >= 0.6 is 11.6 Å². The van der Waals surface area contributed by atoms with Crippen molar-refractivity contribution >= 4 is 28.9 Å². The van der Waals surface area contributed by atoms with E-state index < -0.39 is 17.5 Å². The van der Waals surface area contributed by atoms with Gasteiger partial charge in [0.1, 0.15) is 11.6 Å². The molecule has 0 spiro atoms. The van der Waals surface area contributed by atoms with Gasteiger partial charge in [0.15, 0.2) is 0 Å². The summed E-state index contributed by atoms with van der Waals surface area (Å²) in [5.41, 5.74) is 5.47. The smallest absolute Gasteiger partial charge is 0.257 e. The van der Waals surface area contributed by atoms with Crippen LogP contribution in [0.3, 0.4) is 0 Å². The van der Waals surface area contributed by atoms with Gasteiger partial charge in [-0.05, 0) is 30.3 Å². The zero-order chi connectivity index (χ0) is 14.0. The number of rotatable bonds is 2. The summed E-state index contributed by atoms with van der Waals surface area (Å²) < 4.78 is 26.4. The van der Waals surface area contributed by atoms with E-state index in [0.717, 1.165) is 12.1 Å². The summed E-state index contributed by atoms with van der Waals surface area (Å²) in [5.74, 6) is -1.98. The lowest BCUT2D eigenvalue weighted by Gasteiger charge is -2.08. The Morgan fingerprint density at radius 2 is 1.89 bits per heavy atom. The van der Waals surface area contributed by atoms with Crippen molar-refractivity contribution in [2.45, 2.75) is 0 Å². The zero-order valence-electron chi connectivity index (χ0n) is 9.58. The third-order valence-electron chi connectivity index (χ3n) is 2.45. The maximum atomic E-state index is 13.2. The van der Waals surface area contributed by atoms with Crippen LogP contribution in [0, 0.1) is 11.6 Å². The van der Waals surface area contributed by atoms with E-state index in [4.69, 9.17) is 17.3 Å². The summed E-state index contributed by atoms with van der Waals surface area (Å²) >= 11 is 5.68. The topological polar surface area (TPSA) is 55.1 Å². The first-order valence-corrected chi connectivity index (χ1v) is 5.67. The number of carbonyl (C=O) groups excluding carboxylic acids is 1. The first-order valence-electron chi connectivity index (χ1n) is 5.29. The van der Waals surface area contributed by atoms with Gasteiger partial charge in [-0.2, -0.15) is 0 Å². The molecule has 0 atom stereocenters. The van der Waals surface area contributed by atoms with Crippen LogP contribution in [0.1, 0.15) is 10.4 Å². The second kappa shape index (κ2) is 5.24. The maximum absolute atomic E-state index is 13.2. The van der Waals surface area contributed by atoms with E-state index in [0.29, 0.717) is 0 Å². The van der Waals surface area contributed by atoms with Crippen LogP contribution in [0.4, 0.5) is 20.2 Å². The molecular weight excluding hydrogens is 274 g/mol. The predicted octanol–water partition coefficient (Wildman–Crippen LogP) is 3.45. The molecule has 98 valence electrons. The molecule has 0 unspecified atom stereocenters. The molecule has 0 aliphatic rings. The van der Waals surface area contributed by atoms with E-state index >= 15 is 0 Å². The Labute approximate surface area is 113 Å².